The maximum absolute atomic E-state index is 13.2. The van der Waals surface area contributed by atoms with Gasteiger partial charge in [0.15, 0.2) is 10.9 Å². The van der Waals surface area contributed by atoms with Crippen molar-refractivity contribution in [3.8, 4) is 0 Å². The smallest absolute Gasteiger partial charge is 0.294 e. The van der Waals surface area contributed by atoms with Gasteiger partial charge in [0.05, 0.1) is 32.3 Å². The second-order valence-corrected chi connectivity index (χ2v) is 8.86. The molecular weight excluding hydrogens is 404 g/mol. The van der Waals surface area contributed by atoms with Crippen molar-refractivity contribution in [2.75, 3.05) is 0 Å². The van der Waals surface area contributed by atoms with E-state index in [2.05, 4.69) is 9.97 Å². The van der Waals surface area contributed by atoms with E-state index in [0.717, 1.165) is 5.56 Å². The van der Waals surface area contributed by atoms with E-state index >= 15 is 0 Å². The first-order valence-electron chi connectivity index (χ1n) is 9.19. The summed E-state index contributed by atoms with van der Waals surface area (Å²) >= 11 is 0. The average Bonchev–Trinajstić information content (AvgIpc) is 2.68. The van der Waals surface area contributed by atoms with Crippen LogP contribution < -0.4 is 10.9 Å². The molecule has 0 radical (unpaired) electrons. The highest BCUT2D eigenvalue weighted by atomic mass is 32.2. The summed E-state index contributed by atoms with van der Waals surface area (Å²) in [6.45, 7) is 3.64. The van der Waals surface area contributed by atoms with Gasteiger partial charge in [0, 0.05) is 16.2 Å². The number of rotatable bonds is 1. The van der Waals surface area contributed by atoms with Crippen molar-refractivity contribution >= 4 is 53.7 Å². The first-order chi connectivity index (χ1) is 14.2. The Bertz CT molecular complexity index is 1780. The van der Waals surface area contributed by atoms with Gasteiger partial charge >= 0.3 is 0 Å². The van der Waals surface area contributed by atoms with Crippen molar-refractivity contribution in [3.63, 3.8) is 0 Å². The largest absolute Gasteiger partial charge is 0.354 e. The molecule has 2 aromatic heterocycles. The highest BCUT2D eigenvalue weighted by molar-refractivity contribution is 7.85. The molecule has 0 aliphatic heterocycles. The Morgan fingerprint density at radius 1 is 0.800 bits per heavy atom. The summed E-state index contributed by atoms with van der Waals surface area (Å²) in [6, 6.07) is 10.9. The molecule has 0 saturated carbocycles. The van der Waals surface area contributed by atoms with Crippen LogP contribution in [0.5, 0.6) is 0 Å². The minimum Gasteiger partial charge on any atom is -0.354 e. The summed E-state index contributed by atoms with van der Waals surface area (Å²) < 4.78 is 32.3. The van der Waals surface area contributed by atoms with Crippen LogP contribution in [-0.4, -0.2) is 22.9 Å². The Labute approximate surface area is 169 Å². The van der Waals surface area contributed by atoms with Crippen molar-refractivity contribution < 1.29 is 13.0 Å². The Balaban J connectivity index is 2.01. The average molecular weight is 420 g/mol. The maximum Gasteiger partial charge on any atom is 0.294 e. The molecule has 0 atom stereocenters. The van der Waals surface area contributed by atoms with Crippen molar-refractivity contribution in [2.45, 2.75) is 18.7 Å². The predicted molar refractivity (Wildman–Crippen MR) is 117 cm³/mol. The van der Waals surface area contributed by atoms with E-state index < -0.39 is 10.1 Å². The van der Waals surface area contributed by atoms with Crippen LogP contribution in [0.3, 0.4) is 0 Å². The third kappa shape index (κ3) is 2.51. The van der Waals surface area contributed by atoms with Gasteiger partial charge in [0.1, 0.15) is 0 Å². The van der Waals surface area contributed by atoms with Crippen LogP contribution in [0.25, 0.3) is 43.6 Å². The van der Waals surface area contributed by atoms with Crippen LogP contribution >= 0.6 is 0 Å². The molecule has 0 amide bonds. The second kappa shape index (κ2) is 6.01. The van der Waals surface area contributed by atoms with Crippen molar-refractivity contribution in [3.05, 3.63) is 74.0 Å². The van der Waals surface area contributed by atoms with E-state index in [0.29, 0.717) is 38.3 Å². The Morgan fingerprint density at radius 3 is 2.27 bits per heavy atom. The molecule has 2 heterocycles. The van der Waals surface area contributed by atoms with Gasteiger partial charge in [-0.1, -0.05) is 12.1 Å². The van der Waals surface area contributed by atoms with E-state index in [1.807, 2.05) is 25.1 Å². The normalized spacial score (nSPS) is 12.4. The number of nitrogens with one attached hydrogen (secondary N) is 2. The molecule has 5 aromatic rings. The summed E-state index contributed by atoms with van der Waals surface area (Å²) in [4.78, 5) is 32.4. The van der Waals surface area contributed by atoms with Crippen molar-refractivity contribution in [1.82, 2.24) is 9.97 Å². The Morgan fingerprint density at radius 2 is 1.53 bits per heavy atom. The van der Waals surface area contributed by atoms with Gasteiger partial charge in [0.2, 0.25) is 0 Å². The predicted octanol–water partition coefficient (Wildman–Crippen LogP) is 3.54. The van der Waals surface area contributed by atoms with Crippen LogP contribution in [0.1, 0.15) is 11.1 Å². The van der Waals surface area contributed by atoms with Crippen LogP contribution in [-0.2, 0) is 10.1 Å². The maximum atomic E-state index is 13.2. The lowest BCUT2D eigenvalue weighted by atomic mass is 9.99. The first-order valence-corrected chi connectivity index (χ1v) is 10.6. The molecular formula is C22H16N2O5S. The van der Waals surface area contributed by atoms with Gasteiger partial charge in [-0.3, -0.25) is 14.1 Å². The third-order valence-corrected chi connectivity index (χ3v) is 6.46. The minimum absolute atomic E-state index is 0.144. The lowest BCUT2D eigenvalue weighted by Crippen LogP contribution is -2.11. The van der Waals surface area contributed by atoms with Gasteiger partial charge in [-0.15, -0.1) is 0 Å². The molecule has 8 heteroatoms. The van der Waals surface area contributed by atoms with Crippen molar-refractivity contribution in [2.24, 2.45) is 0 Å². The zero-order chi connectivity index (χ0) is 21.4. The van der Waals surface area contributed by atoms with Crippen LogP contribution in [0, 0.1) is 13.8 Å². The monoisotopic (exact) mass is 420 g/mol. The standard InChI is InChI=1S/C22H16N2O5S/c1-10-4-3-5-15-18(10)22(26)14-9-17-19(11(2)20(14)24-15)21(25)13-7-6-12(30(27,28)29)8-16(13)23-17/h3-9H,1-2H3,(H,23,25)(H,24,26)(H,27,28,29). The number of aryl methyl sites for hydroxylation is 2. The third-order valence-electron chi connectivity index (χ3n) is 5.61. The number of aromatic amines is 2. The van der Waals surface area contributed by atoms with Crippen LogP contribution in [0.15, 0.2) is 56.9 Å². The van der Waals surface area contributed by atoms with E-state index in [1.54, 1.807) is 13.0 Å². The van der Waals surface area contributed by atoms with Gasteiger partial charge < -0.3 is 9.97 Å². The molecule has 0 aliphatic carbocycles. The summed E-state index contributed by atoms with van der Waals surface area (Å²) in [6.07, 6.45) is 0. The first kappa shape index (κ1) is 18.5. The molecule has 5 rings (SSSR count). The lowest BCUT2D eigenvalue weighted by molar-refractivity contribution is 0.483. The van der Waals surface area contributed by atoms with E-state index in [9.17, 15) is 22.6 Å². The number of hydrogen-bond donors (Lipinski definition) is 3. The SMILES string of the molecule is Cc1c2[nH]c3cccc(C)c3c(=O)c2cc2[nH]c3cc(S(=O)(=O)O)ccc3c(=O)c12. The molecule has 30 heavy (non-hydrogen) atoms. The number of H-pyrrole nitrogens is 2. The fraction of sp³-hybridized carbons (Fsp3) is 0.0909. The van der Waals surface area contributed by atoms with E-state index in [4.69, 9.17) is 0 Å². The Kier molecular flexibility index (Phi) is 3.71. The summed E-state index contributed by atoms with van der Waals surface area (Å²) in [5, 5.41) is 1.72. The Hall–Kier alpha value is -3.49. The molecule has 0 saturated heterocycles. The fourth-order valence-corrected chi connectivity index (χ4v) is 4.66. The topological polar surface area (TPSA) is 120 Å². The number of hydrogen-bond acceptors (Lipinski definition) is 4. The zero-order valence-corrected chi connectivity index (χ0v) is 16.8. The quantitative estimate of drug-likeness (QED) is 0.283. The van der Waals surface area contributed by atoms with Gasteiger partial charge in [-0.25, -0.2) is 0 Å². The van der Waals surface area contributed by atoms with Gasteiger partial charge in [-0.2, -0.15) is 8.42 Å². The van der Waals surface area contributed by atoms with E-state index in [-0.39, 0.29) is 26.7 Å². The molecule has 0 unspecified atom stereocenters. The van der Waals surface area contributed by atoms with Gasteiger partial charge in [-0.05, 0) is 55.3 Å². The molecule has 0 spiro atoms. The highest BCUT2D eigenvalue weighted by Gasteiger charge is 2.17. The van der Waals surface area contributed by atoms with E-state index in [1.165, 1.54) is 18.2 Å². The number of fused-ring (bicyclic) bond motifs is 4. The molecule has 7 nitrogen and oxygen atoms in total. The lowest BCUT2D eigenvalue weighted by Gasteiger charge is -2.11. The molecule has 0 aliphatic rings. The van der Waals surface area contributed by atoms with Crippen LogP contribution in [0.4, 0.5) is 0 Å². The van der Waals surface area contributed by atoms with Gasteiger partial charge in [0.25, 0.3) is 10.1 Å². The zero-order valence-electron chi connectivity index (χ0n) is 16.0. The second-order valence-electron chi connectivity index (χ2n) is 7.43. The molecule has 0 bridgehead atoms. The van der Waals surface area contributed by atoms with Crippen LogP contribution in [0.2, 0.25) is 0 Å². The summed E-state index contributed by atoms with van der Waals surface area (Å²) in [5.74, 6) is 0. The summed E-state index contributed by atoms with van der Waals surface area (Å²) in [5.41, 5.74) is 3.01. The van der Waals surface area contributed by atoms with Crippen molar-refractivity contribution in [1.29, 1.82) is 0 Å². The molecule has 3 aromatic carbocycles. The molecule has 0 fully saturated rings. The number of pyridine rings is 2. The number of benzene rings is 3. The molecule has 3 N–H and O–H groups in total. The number of aromatic nitrogens is 2. The molecule has 150 valence electrons. The minimum atomic E-state index is -4.42. The fourth-order valence-electron chi connectivity index (χ4n) is 4.16. The summed E-state index contributed by atoms with van der Waals surface area (Å²) in [7, 11) is -4.42. The highest BCUT2D eigenvalue weighted by Crippen LogP contribution is 2.27.